The molecule has 7 heteroatoms. The van der Waals surface area contributed by atoms with Crippen LogP contribution >= 0.6 is 23.1 Å². The fourth-order valence-electron chi connectivity index (χ4n) is 3.52. The molecule has 0 atom stereocenters. The van der Waals surface area contributed by atoms with E-state index in [4.69, 9.17) is 0 Å². The predicted molar refractivity (Wildman–Crippen MR) is 102 cm³/mol. The molecule has 0 fully saturated rings. The van der Waals surface area contributed by atoms with Gasteiger partial charge in [-0.2, -0.15) is 0 Å². The summed E-state index contributed by atoms with van der Waals surface area (Å²) in [5.41, 5.74) is 1.30. The first kappa shape index (κ1) is 15.2. The molecule has 0 aliphatic heterocycles. The Morgan fingerprint density at radius 1 is 1.20 bits per heavy atom. The molecule has 0 unspecified atom stereocenters. The Kier molecular flexibility index (Phi) is 3.46. The molecule has 1 aromatic carbocycles. The number of benzene rings is 1. The monoisotopic (exact) mass is 368 g/mol. The van der Waals surface area contributed by atoms with E-state index in [-0.39, 0.29) is 5.56 Å². The lowest BCUT2D eigenvalue weighted by atomic mass is 10.2. The average molecular weight is 368 g/mol. The van der Waals surface area contributed by atoms with Crippen molar-refractivity contribution in [1.29, 1.82) is 0 Å². The van der Waals surface area contributed by atoms with Crippen LogP contribution < -0.4 is 5.56 Å². The molecule has 25 heavy (non-hydrogen) atoms. The van der Waals surface area contributed by atoms with Crippen molar-refractivity contribution in [3.63, 3.8) is 0 Å². The van der Waals surface area contributed by atoms with Gasteiger partial charge in [-0.25, -0.2) is 0 Å². The van der Waals surface area contributed by atoms with Crippen LogP contribution in [-0.4, -0.2) is 19.2 Å². The summed E-state index contributed by atoms with van der Waals surface area (Å²) in [4.78, 5) is 16.4. The molecule has 126 valence electrons. The maximum Gasteiger partial charge on any atom is 0.263 e. The van der Waals surface area contributed by atoms with Gasteiger partial charge >= 0.3 is 0 Å². The number of hydrogen-bond acceptors (Lipinski definition) is 5. The lowest BCUT2D eigenvalue weighted by Crippen LogP contribution is -2.20. The predicted octanol–water partition coefficient (Wildman–Crippen LogP) is 3.42. The maximum absolute atomic E-state index is 12.8. The molecule has 3 heterocycles. The fraction of sp³-hybridized carbons (Fsp3) is 0.278. The number of aryl methyl sites for hydroxylation is 3. The molecule has 5 rings (SSSR count). The molecule has 0 spiro atoms. The van der Waals surface area contributed by atoms with Crippen LogP contribution in [0.25, 0.3) is 16.0 Å². The molecule has 0 saturated heterocycles. The highest BCUT2D eigenvalue weighted by atomic mass is 32.2. The van der Waals surface area contributed by atoms with Gasteiger partial charge in [-0.3, -0.25) is 13.8 Å². The van der Waals surface area contributed by atoms with Crippen molar-refractivity contribution in [2.24, 2.45) is 7.05 Å². The topological polar surface area (TPSA) is 52.2 Å². The van der Waals surface area contributed by atoms with Gasteiger partial charge in [0.05, 0.1) is 11.1 Å². The number of rotatable bonds is 3. The quantitative estimate of drug-likeness (QED) is 0.520. The minimum absolute atomic E-state index is 0.0524. The van der Waals surface area contributed by atoms with Crippen molar-refractivity contribution in [3.8, 4) is 0 Å². The van der Waals surface area contributed by atoms with Gasteiger partial charge in [0.2, 0.25) is 5.78 Å². The van der Waals surface area contributed by atoms with Crippen LogP contribution in [0.3, 0.4) is 0 Å². The Morgan fingerprint density at radius 2 is 2.04 bits per heavy atom. The van der Waals surface area contributed by atoms with Gasteiger partial charge < -0.3 is 0 Å². The average Bonchev–Trinajstić information content (AvgIpc) is 3.32. The van der Waals surface area contributed by atoms with E-state index in [2.05, 4.69) is 26.7 Å². The van der Waals surface area contributed by atoms with Crippen LogP contribution in [-0.2, 0) is 25.6 Å². The minimum Gasteiger partial charge on any atom is -0.279 e. The molecule has 0 radical (unpaired) electrons. The normalized spacial score (nSPS) is 13.8. The summed E-state index contributed by atoms with van der Waals surface area (Å²) in [6, 6.07) is 10.3. The van der Waals surface area contributed by atoms with Crippen LogP contribution in [0.4, 0.5) is 0 Å². The molecule has 1 aliphatic carbocycles. The number of thiophene rings is 1. The van der Waals surface area contributed by atoms with E-state index in [1.54, 1.807) is 34.7 Å². The number of fused-ring (bicyclic) bond motifs is 5. The Balaban J connectivity index is 1.69. The third-order valence-electron chi connectivity index (χ3n) is 4.75. The van der Waals surface area contributed by atoms with E-state index >= 15 is 0 Å². The standard InChI is InChI=1S/C18H16N4OS2/c1-21-16(23)15-12-8-5-9-13(12)25-17(15)22-14(19-20-18(21)22)10-24-11-6-3-2-4-7-11/h2-4,6-7H,5,8-10H2,1H3. The Labute approximate surface area is 152 Å². The van der Waals surface area contributed by atoms with Crippen LogP contribution in [0.15, 0.2) is 40.0 Å². The molecule has 0 N–H and O–H groups in total. The second kappa shape index (κ2) is 5.71. The van der Waals surface area contributed by atoms with Gasteiger partial charge in [0.15, 0.2) is 0 Å². The van der Waals surface area contributed by atoms with Crippen molar-refractivity contribution >= 4 is 39.1 Å². The number of aromatic nitrogens is 4. The first-order valence-electron chi connectivity index (χ1n) is 8.29. The molecular weight excluding hydrogens is 352 g/mol. The summed E-state index contributed by atoms with van der Waals surface area (Å²) in [7, 11) is 1.79. The summed E-state index contributed by atoms with van der Waals surface area (Å²) in [6.45, 7) is 0. The van der Waals surface area contributed by atoms with Crippen molar-refractivity contribution in [2.45, 2.75) is 29.9 Å². The van der Waals surface area contributed by atoms with Crippen molar-refractivity contribution in [3.05, 3.63) is 57.0 Å². The van der Waals surface area contributed by atoms with Crippen LogP contribution in [0.5, 0.6) is 0 Å². The first-order valence-corrected chi connectivity index (χ1v) is 10.1. The molecule has 3 aromatic heterocycles. The minimum atomic E-state index is 0.0524. The van der Waals surface area contributed by atoms with Crippen LogP contribution in [0.2, 0.25) is 0 Å². The second-order valence-corrected chi connectivity index (χ2v) is 8.39. The summed E-state index contributed by atoms with van der Waals surface area (Å²) in [5, 5.41) is 9.55. The zero-order valence-electron chi connectivity index (χ0n) is 13.7. The summed E-state index contributed by atoms with van der Waals surface area (Å²) >= 11 is 3.48. The molecular formula is C18H16N4OS2. The third-order valence-corrected chi connectivity index (χ3v) is 7.03. The highest BCUT2D eigenvalue weighted by Gasteiger charge is 2.24. The molecule has 0 bridgehead atoms. The Bertz CT molecular complexity index is 1160. The smallest absolute Gasteiger partial charge is 0.263 e. The van der Waals surface area contributed by atoms with E-state index in [1.807, 2.05) is 18.2 Å². The Morgan fingerprint density at radius 3 is 2.88 bits per heavy atom. The molecule has 0 saturated carbocycles. The molecule has 4 aromatic rings. The van der Waals surface area contributed by atoms with Gasteiger partial charge in [-0.15, -0.1) is 33.3 Å². The summed E-state index contributed by atoms with van der Waals surface area (Å²) in [5.74, 6) is 2.24. The highest BCUT2D eigenvalue weighted by molar-refractivity contribution is 7.98. The van der Waals surface area contributed by atoms with E-state index in [0.717, 1.165) is 41.1 Å². The maximum atomic E-state index is 12.8. The van der Waals surface area contributed by atoms with Crippen LogP contribution in [0, 0.1) is 0 Å². The van der Waals surface area contributed by atoms with Gasteiger partial charge in [0, 0.05) is 16.8 Å². The van der Waals surface area contributed by atoms with E-state index in [1.165, 1.54) is 15.3 Å². The largest absolute Gasteiger partial charge is 0.279 e. The molecule has 1 aliphatic rings. The second-order valence-electron chi connectivity index (χ2n) is 6.26. The van der Waals surface area contributed by atoms with Gasteiger partial charge in [-0.05, 0) is 37.0 Å². The van der Waals surface area contributed by atoms with E-state index in [0.29, 0.717) is 5.78 Å². The lowest BCUT2D eigenvalue weighted by molar-refractivity contribution is 0.856. The number of thioether (sulfide) groups is 1. The Hall–Kier alpha value is -2.12. The molecule has 0 amide bonds. The summed E-state index contributed by atoms with van der Waals surface area (Å²) in [6.07, 6.45) is 3.24. The van der Waals surface area contributed by atoms with Crippen molar-refractivity contribution < 1.29 is 0 Å². The zero-order chi connectivity index (χ0) is 17.0. The first-order chi connectivity index (χ1) is 12.2. The van der Waals surface area contributed by atoms with Crippen molar-refractivity contribution in [1.82, 2.24) is 19.2 Å². The number of hydrogen-bond donors (Lipinski definition) is 0. The fourth-order valence-corrected chi connectivity index (χ4v) is 5.75. The number of nitrogens with zero attached hydrogens (tertiary/aromatic N) is 4. The lowest BCUT2D eigenvalue weighted by Gasteiger charge is -2.06. The summed E-state index contributed by atoms with van der Waals surface area (Å²) < 4.78 is 3.72. The zero-order valence-corrected chi connectivity index (χ0v) is 15.4. The molecule has 5 nitrogen and oxygen atoms in total. The van der Waals surface area contributed by atoms with Gasteiger partial charge in [-0.1, -0.05) is 18.2 Å². The van der Waals surface area contributed by atoms with E-state index < -0.39 is 0 Å². The third kappa shape index (κ3) is 2.26. The van der Waals surface area contributed by atoms with Crippen molar-refractivity contribution in [2.75, 3.05) is 0 Å². The highest BCUT2D eigenvalue weighted by Crippen LogP contribution is 2.36. The van der Waals surface area contributed by atoms with Gasteiger partial charge in [0.1, 0.15) is 10.7 Å². The van der Waals surface area contributed by atoms with Crippen LogP contribution in [0.1, 0.15) is 22.7 Å². The van der Waals surface area contributed by atoms with Gasteiger partial charge in [0.25, 0.3) is 5.56 Å². The SMILES string of the molecule is Cn1c(=O)c2c3c(sc2n2c(CSc4ccccc4)nnc12)CCC3. The van der Waals surface area contributed by atoms with E-state index in [9.17, 15) is 4.79 Å².